The van der Waals surface area contributed by atoms with E-state index in [-0.39, 0.29) is 12.5 Å². The zero-order chi connectivity index (χ0) is 18.4. The number of amides is 1. The number of aromatic nitrogens is 3. The molecule has 0 saturated carbocycles. The Morgan fingerprint density at radius 2 is 2.12 bits per heavy atom. The lowest BCUT2D eigenvalue weighted by Gasteiger charge is -2.11. The van der Waals surface area contributed by atoms with Gasteiger partial charge in [0.1, 0.15) is 13.2 Å². The Kier molecular flexibility index (Phi) is 6.03. The van der Waals surface area contributed by atoms with Gasteiger partial charge in [-0.25, -0.2) is 0 Å². The van der Waals surface area contributed by atoms with Crippen molar-refractivity contribution < 1.29 is 14.3 Å². The van der Waals surface area contributed by atoms with E-state index in [1.165, 1.54) is 11.3 Å². The van der Waals surface area contributed by atoms with Gasteiger partial charge in [0, 0.05) is 0 Å². The molecule has 3 aromatic rings. The Hall–Kier alpha value is -2.65. The predicted octanol–water partition coefficient (Wildman–Crippen LogP) is 2.87. The average molecular weight is 390 g/mol. The molecule has 7 nitrogen and oxygen atoms in total. The highest BCUT2D eigenvalue weighted by atomic mass is 32.1. The molecule has 2 aromatic heterocycles. The van der Waals surface area contributed by atoms with Gasteiger partial charge in [-0.3, -0.25) is 14.5 Å². The van der Waals surface area contributed by atoms with Gasteiger partial charge in [0.15, 0.2) is 22.1 Å². The van der Waals surface area contributed by atoms with Crippen molar-refractivity contribution in [2.24, 2.45) is 0 Å². The summed E-state index contributed by atoms with van der Waals surface area (Å²) < 4.78 is 12.9. The molecule has 0 atom stereocenters. The maximum Gasteiger partial charge on any atom is 0.240 e. The molecule has 2 N–H and O–H groups in total. The number of carbonyl (C=O) groups is 1. The van der Waals surface area contributed by atoms with Crippen LogP contribution in [0.3, 0.4) is 0 Å². The summed E-state index contributed by atoms with van der Waals surface area (Å²) in [6.45, 7) is 0.800. The van der Waals surface area contributed by atoms with Crippen LogP contribution in [-0.2, 0) is 11.3 Å². The summed E-state index contributed by atoms with van der Waals surface area (Å²) in [7, 11) is 1.59. The number of nitrogens with one attached hydrogen (secondary N) is 2. The summed E-state index contributed by atoms with van der Waals surface area (Å²) in [6, 6.07) is 11.2. The summed E-state index contributed by atoms with van der Waals surface area (Å²) >= 11 is 6.76. The van der Waals surface area contributed by atoms with Crippen LogP contribution in [0.1, 0.15) is 0 Å². The van der Waals surface area contributed by atoms with Crippen molar-refractivity contribution in [3.8, 4) is 22.2 Å². The van der Waals surface area contributed by atoms with Crippen molar-refractivity contribution in [2.75, 3.05) is 20.3 Å². The second-order valence-corrected chi connectivity index (χ2v) is 6.60. The van der Waals surface area contributed by atoms with Gasteiger partial charge in [0.2, 0.25) is 5.91 Å². The normalized spacial score (nSPS) is 10.5. The molecule has 0 aliphatic carbocycles. The Bertz CT molecular complexity index is 918. The summed E-state index contributed by atoms with van der Waals surface area (Å²) in [5.41, 5.74) is 0. The zero-order valence-electron chi connectivity index (χ0n) is 14.1. The summed E-state index contributed by atoms with van der Waals surface area (Å²) in [5, 5.41) is 11.7. The van der Waals surface area contributed by atoms with Crippen molar-refractivity contribution in [1.82, 2.24) is 20.1 Å². The van der Waals surface area contributed by atoms with Gasteiger partial charge in [0.05, 0.1) is 18.5 Å². The first-order valence-corrected chi connectivity index (χ1v) is 9.19. The van der Waals surface area contributed by atoms with Crippen LogP contribution in [0.25, 0.3) is 10.7 Å². The van der Waals surface area contributed by atoms with Crippen molar-refractivity contribution in [2.45, 2.75) is 6.54 Å². The largest absolute Gasteiger partial charge is 0.493 e. The minimum absolute atomic E-state index is 0.0945. The third-order valence-electron chi connectivity index (χ3n) is 3.55. The lowest BCUT2D eigenvalue weighted by Crippen LogP contribution is -2.31. The number of ether oxygens (including phenoxy) is 2. The van der Waals surface area contributed by atoms with Gasteiger partial charge in [0.25, 0.3) is 0 Å². The van der Waals surface area contributed by atoms with Crippen molar-refractivity contribution in [1.29, 1.82) is 0 Å². The molecule has 0 saturated heterocycles. The summed E-state index contributed by atoms with van der Waals surface area (Å²) in [6.07, 6.45) is 0. The number of benzene rings is 1. The van der Waals surface area contributed by atoms with Gasteiger partial charge in [-0.2, -0.15) is 5.10 Å². The van der Waals surface area contributed by atoms with Gasteiger partial charge in [-0.05, 0) is 35.8 Å². The highest BCUT2D eigenvalue weighted by molar-refractivity contribution is 7.71. The van der Waals surface area contributed by atoms with E-state index < -0.39 is 0 Å². The highest BCUT2D eigenvalue weighted by Crippen LogP contribution is 2.25. The van der Waals surface area contributed by atoms with E-state index >= 15 is 0 Å². The molecule has 0 fully saturated rings. The molecule has 2 heterocycles. The van der Waals surface area contributed by atoms with Gasteiger partial charge >= 0.3 is 0 Å². The molecule has 0 aliphatic rings. The highest BCUT2D eigenvalue weighted by Gasteiger charge is 2.13. The Labute approximate surface area is 159 Å². The molecule has 9 heteroatoms. The maximum atomic E-state index is 12.2. The molecule has 0 aliphatic heterocycles. The number of aromatic amines is 1. The van der Waals surface area contributed by atoms with Crippen LogP contribution < -0.4 is 14.8 Å². The van der Waals surface area contributed by atoms with Crippen molar-refractivity contribution in [3.05, 3.63) is 46.5 Å². The molecular formula is C17H18N4O3S2. The molecule has 0 unspecified atom stereocenters. The number of hydrogen-bond donors (Lipinski definition) is 2. The van der Waals surface area contributed by atoms with Crippen molar-refractivity contribution >= 4 is 29.5 Å². The first-order valence-electron chi connectivity index (χ1n) is 7.90. The third-order valence-corrected chi connectivity index (χ3v) is 4.73. The second-order valence-electron chi connectivity index (χ2n) is 5.27. The van der Waals surface area contributed by atoms with E-state index in [1.54, 1.807) is 11.7 Å². The standard InChI is InChI=1S/C17H18N4O3S2/c1-23-12-5-2-3-6-13(12)24-9-8-18-15(22)11-21-16(19-20-17(21)25)14-7-4-10-26-14/h2-7,10H,8-9,11H2,1H3,(H,18,22)(H,20,25). The monoisotopic (exact) mass is 390 g/mol. The molecule has 136 valence electrons. The fraction of sp³-hybridized carbons (Fsp3) is 0.235. The number of thiophene rings is 1. The van der Waals surface area contributed by atoms with Crippen molar-refractivity contribution in [3.63, 3.8) is 0 Å². The molecule has 1 aromatic carbocycles. The number of H-pyrrole nitrogens is 1. The van der Waals surface area contributed by atoms with Crippen LogP contribution >= 0.6 is 23.6 Å². The van der Waals surface area contributed by atoms with Crippen LogP contribution in [-0.4, -0.2) is 40.9 Å². The number of para-hydroxylation sites is 2. The Balaban J connectivity index is 1.52. The van der Waals surface area contributed by atoms with Crippen LogP contribution in [0.5, 0.6) is 11.5 Å². The van der Waals surface area contributed by atoms with E-state index in [4.69, 9.17) is 21.7 Å². The molecular weight excluding hydrogens is 372 g/mol. The number of carbonyl (C=O) groups excluding carboxylic acids is 1. The first kappa shape index (κ1) is 18.2. The smallest absolute Gasteiger partial charge is 0.240 e. The van der Waals surface area contributed by atoms with Crippen LogP contribution in [0.2, 0.25) is 0 Å². The Morgan fingerprint density at radius 3 is 2.85 bits per heavy atom. The molecule has 0 radical (unpaired) electrons. The summed E-state index contributed by atoms with van der Waals surface area (Å²) in [5.74, 6) is 1.79. The van der Waals surface area contributed by atoms with E-state index in [0.29, 0.717) is 35.2 Å². The van der Waals surface area contributed by atoms with E-state index in [2.05, 4.69) is 15.5 Å². The molecule has 26 heavy (non-hydrogen) atoms. The van der Waals surface area contributed by atoms with Gasteiger partial charge < -0.3 is 14.8 Å². The van der Waals surface area contributed by atoms with Crippen LogP contribution in [0.15, 0.2) is 41.8 Å². The average Bonchev–Trinajstić information content (AvgIpc) is 3.30. The molecule has 1 amide bonds. The summed E-state index contributed by atoms with van der Waals surface area (Å²) in [4.78, 5) is 13.2. The molecule has 0 bridgehead atoms. The minimum Gasteiger partial charge on any atom is -0.493 e. The quantitative estimate of drug-likeness (QED) is 0.457. The zero-order valence-corrected chi connectivity index (χ0v) is 15.7. The van der Waals surface area contributed by atoms with E-state index in [9.17, 15) is 4.79 Å². The number of nitrogens with zero attached hydrogens (tertiary/aromatic N) is 2. The Morgan fingerprint density at radius 1 is 1.31 bits per heavy atom. The van der Waals surface area contributed by atoms with Crippen LogP contribution in [0, 0.1) is 4.77 Å². The van der Waals surface area contributed by atoms with E-state index in [1.807, 2.05) is 41.8 Å². The van der Waals surface area contributed by atoms with Gasteiger partial charge in [-0.15, -0.1) is 11.3 Å². The number of hydrogen-bond acceptors (Lipinski definition) is 6. The SMILES string of the molecule is COc1ccccc1OCCNC(=O)Cn1c(-c2cccs2)n[nH]c1=S. The van der Waals surface area contributed by atoms with E-state index in [0.717, 1.165) is 4.88 Å². The molecule has 0 spiro atoms. The topological polar surface area (TPSA) is 81.2 Å². The number of methoxy groups -OCH3 is 1. The minimum atomic E-state index is -0.163. The predicted molar refractivity (Wildman–Crippen MR) is 102 cm³/mol. The second kappa shape index (κ2) is 8.63. The van der Waals surface area contributed by atoms with Gasteiger partial charge in [-0.1, -0.05) is 18.2 Å². The van der Waals surface area contributed by atoms with Crippen LogP contribution in [0.4, 0.5) is 0 Å². The fourth-order valence-corrected chi connectivity index (χ4v) is 3.27. The molecule has 3 rings (SSSR count). The first-order chi connectivity index (χ1) is 12.7. The fourth-order valence-electron chi connectivity index (χ4n) is 2.35. The lowest BCUT2D eigenvalue weighted by atomic mass is 10.3. The third kappa shape index (κ3) is 4.30. The lowest BCUT2D eigenvalue weighted by molar-refractivity contribution is -0.121. The number of rotatable bonds is 8. The maximum absolute atomic E-state index is 12.2.